The molecule has 0 radical (unpaired) electrons. The van der Waals surface area contributed by atoms with Crippen LogP contribution in [0.5, 0.6) is 0 Å². The summed E-state index contributed by atoms with van der Waals surface area (Å²) in [4.78, 5) is 31.6. The van der Waals surface area contributed by atoms with Crippen LogP contribution in [0.1, 0.15) is 19.5 Å². The first-order valence-electron chi connectivity index (χ1n) is 6.87. The zero-order valence-electron chi connectivity index (χ0n) is 12.4. The maximum Gasteiger partial charge on any atom is 0.312 e. The topological polar surface area (TPSA) is 65.5 Å². The smallest absolute Gasteiger partial charge is 0.312 e. The Bertz CT molecular complexity index is 562. The molecule has 1 aliphatic rings. The molecule has 2 rings (SSSR count). The van der Waals surface area contributed by atoms with E-state index < -0.39 is 11.8 Å². The Morgan fingerprint density at radius 2 is 2.00 bits per heavy atom. The van der Waals surface area contributed by atoms with E-state index >= 15 is 0 Å². The van der Waals surface area contributed by atoms with Gasteiger partial charge in [-0.05, 0) is 26.0 Å². The predicted octanol–water partition coefficient (Wildman–Crippen LogP) is 1.36. The maximum absolute atomic E-state index is 12.2. The molecule has 0 aliphatic carbocycles. The number of carbonyl (C=O) groups is 2. The van der Waals surface area contributed by atoms with E-state index in [0.29, 0.717) is 29.6 Å². The first-order valence-corrected chi connectivity index (χ1v) is 7.25. The van der Waals surface area contributed by atoms with Crippen molar-refractivity contribution in [1.29, 1.82) is 0 Å². The minimum atomic E-state index is -0.498. The first kappa shape index (κ1) is 15.6. The molecule has 0 aromatic carbocycles. The number of rotatable bonds is 4. The third-order valence-corrected chi connectivity index (χ3v) is 3.82. The normalized spacial score (nSPS) is 15.9. The number of nitrogens with zero attached hydrogens (tertiary/aromatic N) is 3. The molecule has 0 bridgehead atoms. The van der Waals surface area contributed by atoms with Crippen molar-refractivity contribution in [2.24, 2.45) is 0 Å². The van der Waals surface area contributed by atoms with Gasteiger partial charge >= 0.3 is 11.8 Å². The van der Waals surface area contributed by atoms with Crippen LogP contribution in [0.3, 0.4) is 0 Å². The molecule has 1 aliphatic heterocycles. The number of anilines is 1. The second kappa shape index (κ2) is 6.30. The fourth-order valence-electron chi connectivity index (χ4n) is 2.25. The lowest BCUT2D eigenvalue weighted by molar-refractivity contribution is -0.157. The third kappa shape index (κ3) is 3.26. The lowest BCUT2D eigenvalue weighted by Gasteiger charge is -2.35. The number of hydrogen-bond donors (Lipinski definition) is 1. The highest BCUT2D eigenvalue weighted by molar-refractivity contribution is 6.35. The van der Waals surface area contributed by atoms with Crippen molar-refractivity contribution in [2.75, 3.05) is 25.5 Å². The molecule has 7 heteroatoms. The zero-order valence-corrected chi connectivity index (χ0v) is 13.1. The van der Waals surface area contributed by atoms with Crippen LogP contribution in [0.4, 0.5) is 5.82 Å². The quantitative estimate of drug-likeness (QED) is 0.853. The van der Waals surface area contributed by atoms with Crippen molar-refractivity contribution in [1.82, 2.24) is 14.8 Å². The van der Waals surface area contributed by atoms with Crippen LogP contribution < -0.4 is 5.32 Å². The number of halogens is 1. The van der Waals surface area contributed by atoms with Crippen LogP contribution in [0, 0.1) is 0 Å². The molecule has 114 valence electrons. The van der Waals surface area contributed by atoms with E-state index in [9.17, 15) is 9.59 Å². The molecule has 2 amide bonds. The van der Waals surface area contributed by atoms with Crippen LogP contribution in [-0.4, -0.2) is 52.8 Å². The number of pyridine rings is 1. The summed E-state index contributed by atoms with van der Waals surface area (Å²) < 4.78 is 0. The van der Waals surface area contributed by atoms with E-state index in [2.05, 4.69) is 10.3 Å². The number of hydrogen-bond acceptors (Lipinski definition) is 4. The summed E-state index contributed by atoms with van der Waals surface area (Å²) in [7, 11) is 1.76. The second-order valence-electron chi connectivity index (χ2n) is 5.19. The van der Waals surface area contributed by atoms with Crippen molar-refractivity contribution < 1.29 is 9.59 Å². The molecule has 0 atom stereocenters. The minimum Gasteiger partial charge on any atom is -0.373 e. The van der Waals surface area contributed by atoms with Gasteiger partial charge in [0.1, 0.15) is 5.82 Å². The molecule has 1 aromatic rings. The molecule has 6 nitrogen and oxygen atoms in total. The summed E-state index contributed by atoms with van der Waals surface area (Å²) in [6.45, 7) is 5.06. The average Bonchev–Trinajstić information content (AvgIpc) is 2.45. The summed E-state index contributed by atoms with van der Waals surface area (Å²) in [5.74, 6) is -0.284. The number of carbonyl (C=O) groups excluding carboxylic acids is 2. The molecule has 1 aromatic heterocycles. The molecule has 1 fully saturated rings. The van der Waals surface area contributed by atoms with Gasteiger partial charge < -0.3 is 15.1 Å². The monoisotopic (exact) mass is 310 g/mol. The molecule has 1 saturated heterocycles. The molecule has 0 unspecified atom stereocenters. The number of piperazine rings is 1. The Balaban J connectivity index is 2.14. The van der Waals surface area contributed by atoms with Gasteiger partial charge in [-0.15, -0.1) is 0 Å². The first-order chi connectivity index (χ1) is 9.93. The van der Waals surface area contributed by atoms with Gasteiger partial charge in [0, 0.05) is 26.2 Å². The van der Waals surface area contributed by atoms with Crippen LogP contribution in [0.15, 0.2) is 12.1 Å². The van der Waals surface area contributed by atoms with Gasteiger partial charge in [0.05, 0.1) is 17.3 Å². The van der Waals surface area contributed by atoms with Crippen molar-refractivity contribution in [3.63, 3.8) is 0 Å². The van der Waals surface area contributed by atoms with E-state index in [1.807, 2.05) is 13.8 Å². The van der Waals surface area contributed by atoms with Crippen LogP contribution in [-0.2, 0) is 16.1 Å². The van der Waals surface area contributed by atoms with Gasteiger partial charge in [-0.3, -0.25) is 9.59 Å². The van der Waals surface area contributed by atoms with Crippen molar-refractivity contribution in [3.05, 3.63) is 22.8 Å². The Labute approximate surface area is 129 Å². The molecule has 2 heterocycles. The highest BCUT2D eigenvalue weighted by Gasteiger charge is 2.34. The standard InChI is InChI=1S/C14H19ClN4O2/c1-9(2)19-7-6-18(13(20)14(19)21)8-11-10(15)4-5-12(16-3)17-11/h4-5,9H,6-8H2,1-3H3,(H,16,17). The second-order valence-corrected chi connectivity index (χ2v) is 5.60. The summed E-state index contributed by atoms with van der Waals surface area (Å²) in [6, 6.07) is 3.51. The Kier molecular flexibility index (Phi) is 4.67. The number of amides is 2. The molecule has 21 heavy (non-hydrogen) atoms. The van der Waals surface area contributed by atoms with Crippen molar-refractivity contribution in [3.8, 4) is 0 Å². The fourth-order valence-corrected chi connectivity index (χ4v) is 2.41. The van der Waals surface area contributed by atoms with Gasteiger partial charge in [-0.1, -0.05) is 11.6 Å². The van der Waals surface area contributed by atoms with E-state index in [1.165, 1.54) is 4.90 Å². The zero-order chi connectivity index (χ0) is 15.6. The van der Waals surface area contributed by atoms with Gasteiger partial charge in [0.25, 0.3) is 0 Å². The van der Waals surface area contributed by atoms with Crippen LogP contribution >= 0.6 is 11.6 Å². The van der Waals surface area contributed by atoms with Gasteiger partial charge in [-0.25, -0.2) is 4.98 Å². The summed E-state index contributed by atoms with van der Waals surface area (Å²) >= 11 is 6.11. The summed E-state index contributed by atoms with van der Waals surface area (Å²) in [5, 5.41) is 3.41. The van der Waals surface area contributed by atoms with E-state index in [1.54, 1.807) is 24.1 Å². The van der Waals surface area contributed by atoms with Crippen LogP contribution in [0.2, 0.25) is 5.02 Å². The van der Waals surface area contributed by atoms with E-state index in [4.69, 9.17) is 11.6 Å². The van der Waals surface area contributed by atoms with Crippen molar-refractivity contribution >= 4 is 29.2 Å². The van der Waals surface area contributed by atoms with Crippen molar-refractivity contribution in [2.45, 2.75) is 26.4 Å². The largest absolute Gasteiger partial charge is 0.373 e. The lowest BCUT2D eigenvalue weighted by atomic mass is 10.2. The summed E-state index contributed by atoms with van der Waals surface area (Å²) in [6.07, 6.45) is 0. The Morgan fingerprint density at radius 3 is 2.62 bits per heavy atom. The Morgan fingerprint density at radius 1 is 1.29 bits per heavy atom. The molecule has 1 N–H and O–H groups in total. The predicted molar refractivity (Wildman–Crippen MR) is 81.1 cm³/mol. The fraction of sp³-hybridized carbons (Fsp3) is 0.500. The summed E-state index contributed by atoms with van der Waals surface area (Å²) in [5.41, 5.74) is 0.586. The van der Waals surface area contributed by atoms with Gasteiger partial charge in [0.2, 0.25) is 0 Å². The van der Waals surface area contributed by atoms with Crippen LogP contribution in [0.25, 0.3) is 0 Å². The van der Waals surface area contributed by atoms with Gasteiger partial charge in [0.15, 0.2) is 0 Å². The molecule has 0 saturated carbocycles. The maximum atomic E-state index is 12.2. The third-order valence-electron chi connectivity index (χ3n) is 3.48. The number of aromatic nitrogens is 1. The lowest BCUT2D eigenvalue weighted by Crippen LogP contribution is -2.55. The molecular weight excluding hydrogens is 292 g/mol. The SMILES string of the molecule is CNc1ccc(Cl)c(CN2CCN(C(C)C)C(=O)C2=O)n1. The highest BCUT2D eigenvalue weighted by Crippen LogP contribution is 2.20. The average molecular weight is 311 g/mol. The van der Waals surface area contributed by atoms with Gasteiger partial charge in [-0.2, -0.15) is 0 Å². The molecule has 0 spiro atoms. The molecular formula is C14H19ClN4O2. The minimum absolute atomic E-state index is 0.0259. The Hall–Kier alpha value is -1.82. The van der Waals surface area contributed by atoms with E-state index in [0.717, 1.165) is 0 Å². The highest BCUT2D eigenvalue weighted by atomic mass is 35.5. The number of nitrogens with one attached hydrogen (secondary N) is 1. The van der Waals surface area contributed by atoms with E-state index in [-0.39, 0.29) is 12.6 Å².